The van der Waals surface area contributed by atoms with Crippen molar-refractivity contribution in [2.45, 2.75) is 38.6 Å². The average Bonchev–Trinajstić information content (AvgIpc) is 3.23. The second-order valence-corrected chi connectivity index (χ2v) is 6.81. The fourth-order valence-electron chi connectivity index (χ4n) is 2.96. The Morgan fingerprint density at radius 1 is 1.35 bits per heavy atom. The molecule has 23 heavy (non-hydrogen) atoms. The zero-order valence-corrected chi connectivity index (χ0v) is 14.3. The van der Waals surface area contributed by atoms with E-state index in [1.165, 1.54) is 5.01 Å². The minimum Gasteiger partial charge on any atom is -0.338 e. The van der Waals surface area contributed by atoms with Crippen molar-refractivity contribution in [3.63, 3.8) is 0 Å². The third-order valence-corrected chi connectivity index (χ3v) is 5.30. The van der Waals surface area contributed by atoms with E-state index < -0.39 is 0 Å². The van der Waals surface area contributed by atoms with Crippen molar-refractivity contribution in [1.82, 2.24) is 24.8 Å². The maximum atomic E-state index is 12.2. The highest BCUT2D eigenvalue weighted by Gasteiger charge is 2.24. The minimum absolute atomic E-state index is 0.0601. The fraction of sp³-hybridized carbons (Fsp3) is 0.562. The van der Waals surface area contributed by atoms with Gasteiger partial charge in [0, 0.05) is 56.1 Å². The van der Waals surface area contributed by atoms with E-state index in [2.05, 4.69) is 19.9 Å². The van der Waals surface area contributed by atoms with Crippen molar-refractivity contribution in [1.29, 1.82) is 0 Å². The van der Waals surface area contributed by atoms with Crippen LogP contribution in [0.4, 0.5) is 4.79 Å². The average molecular weight is 333 g/mol. The molecule has 0 unspecified atom stereocenters. The van der Waals surface area contributed by atoms with Crippen LogP contribution >= 0.6 is 11.3 Å². The van der Waals surface area contributed by atoms with Crippen molar-refractivity contribution in [3.05, 3.63) is 34.8 Å². The van der Waals surface area contributed by atoms with Gasteiger partial charge in [-0.3, -0.25) is 0 Å². The van der Waals surface area contributed by atoms with E-state index >= 15 is 0 Å². The monoisotopic (exact) mass is 333 g/mol. The summed E-state index contributed by atoms with van der Waals surface area (Å²) in [7, 11) is 0. The van der Waals surface area contributed by atoms with Crippen LogP contribution in [-0.4, -0.2) is 45.1 Å². The van der Waals surface area contributed by atoms with Crippen LogP contribution in [0.25, 0.3) is 0 Å². The molecule has 6 nitrogen and oxygen atoms in total. The predicted octanol–water partition coefficient (Wildman–Crippen LogP) is 2.63. The molecule has 0 spiro atoms. The van der Waals surface area contributed by atoms with Crippen LogP contribution in [0.1, 0.15) is 36.0 Å². The molecule has 3 rings (SSSR count). The third-order valence-electron chi connectivity index (χ3n) is 4.36. The van der Waals surface area contributed by atoms with Crippen LogP contribution in [0.5, 0.6) is 0 Å². The number of hydrogen-bond donors (Lipinski definition) is 1. The molecule has 0 saturated carbocycles. The van der Waals surface area contributed by atoms with Gasteiger partial charge in [-0.1, -0.05) is 0 Å². The molecule has 1 fully saturated rings. The molecule has 1 N–H and O–H groups in total. The topological polar surface area (TPSA) is 63.1 Å². The summed E-state index contributed by atoms with van der Waals surface area (Å²) in [4.78, 5) is 22.7. The minimum atomic E-state index is 0.0601. The SMILES string of the molecule is Cc1nccn1CCCNC(=O)N1CCC(c2nccs2)CC1. The molecule has 2 aromatic heterocycles. The highest BCUT2D eigenvalue weighted by Crippen LogP contribution is 2.29. The molecule has 0 radical (unpaired) electrons. The first-order chi connectivity index (χ1) is 11.2. The van der Waals surface area contributed by atoms with Gasteiger partial charge in [-0.15, -0.1) is 11.3 Å². The van der Waals surface area contributed by atoms with Gasteiger partial charge in [0.05, 0.1) is 5.01 Å². The molecule has 3 heterocycles. The highest BCUT2D eigenvalue weighted by molar-refractivity contribution is 7.09. The van der Waals surface area contributed by atoms with E-state index in [-0.39, 0.29) is 6.03 Å². The zero-order chi connectivity index (χ0) is 16.1. The summed E-state index contributed by atoms with van der Waals surface area (Å²) in [5, 5.41) is 6.26. The van der Waals surface area contributed by atoms with Gasteiger partial charge in [0.2, 0.25) is 0 Å². The third kappa shape index (κ3) is 4.10. The number of piperidine rings is 1. The lowest BCUT2D eigenvalue weighted by Gasteiger charge is -2.31. The molecule has 0 atom stereocenters. The Balaban J connectivity index is 1.36. The Bertz CT molecular complexity index is 616. The number of urea groups is 1. The number of rotatable bonds is 5. The number of thiazole rings is 1. The maximum Gasteiger partial charge on any atom is 0.317 e. The van der Waals surface area contributed by atoms with Crippen LogP contribution in [-0.2, 0) is 6.54 Å². The van der Waals surface area contributed by atoms with Gasteiger partial charge >= 0.3 is 6.03 Å². The number of likely N-dealkylation sites (tertiary alicyclic amines) is 1. The second-order valence-electron chi connectivity index (χ2n) is 5.88. The summed E-state index contributed by atoms with van der Waals surface area (Å²) in [6.07, 6.45) is 8.57. The van der Waals surface area contributed by atoms with Gasteiger partial charge in [0.15, 0.2) is 0 Å². The van der Waals surface area contributed by atoms with E-state index in [0.717, 1.165) is 44.7 Å². The lowest BCUT2D eigenvalue weighted by molar-refractivity contribution is 0.181. The molecule has 0 aromatic carbocycles. The van der Waals surface area contributed by atoms with Crippen molar-refractivity contribution in [3.8, 4) is 0 Å². The number of hydrogen-bond acceptors (Lipinski definition) is 4. The van der Waals surface area contributed by atoms with Crippen molar-refractivity contribution in [2.24, 2.45) is 0 Å². The number of carbonyl (C=O) groups excluding carboxylic acids is 1. The zero-order valence-electron chi connectivity index (χ0n) is 13.4. The first kappa shape index (κ1) is 16.0. The summed E-state index contributed by atoms with van der Waals surface area (Å²) >= 11 is 1.72. The van der Waals surface area contributed by atoms with E-state index in [1.807, 2.05) is 29.6 Å². The molecule has 124 valence electrons. The van der Waals surface area contributed by atoms with Gasteiger partial charge in [-0.05, 0) is 26.2 Å². The lowest BCUT2D eigenvalue weighted by atomic mass is 9.98. The second kappa shape index (κ2) is 7.59. The fourth-order valence-corrected chi connectivity index (χ4v) is 3.77. The van der Waals surface area contributed by atoms with E-state index in [4.69, 9.17) is 0 Å². The number of amides is 2. The standard InChI is InChI=1S/C16H23N5OS/c1-13-17-6-11-20(13)8-2-5-19-16(22)21-9-3-14(4-10-21)15-18-7-12-23-15/h6-7,11-12,14H,2-5,8-10H2,1H3,(H,19,22). The Labute approximate surface area is 140 Å². The van der Waals surface area contributed by atoms with Crippen molar-refractivity contribution < 1.29 is 4.79 Å². The summed E-state index contributed by atoms with van der Waals surface area (Å²) in [5.41, 5.74) is 0. The molecule has 7 heteroatoms. The normalized spacial score (nSPS) is 15.8. The van der Waals surface area contributed by atoms with Crippen LogP contribution in [0.2, 0.25) is 0 Å². The van der Waals surface area contributed by atoms with Crippen LogP contribution in [0, 0.1) is 6.92 Å². The van der Waals surface area contributed by atoms with Crippen molar-refractivity contribution in [2.75, 3.05) is 19.6 Å². The Morgan fingerprint density at radius 2 is 2.17 bits per heavy atom. The number of carbonyl (C=O) groups is 1. The molecule has 1 saturated heterocycles. The van der Waals surface area contributed by atoms with Crippen molar-refractivity contribution >= 4 is 17.4 Å². The van der Waals surface area contributed by atoms with Gasteiger partial charge in [-0.25, -0.2) is 14.8 Å². The molecule has 0 aliphatic carbocycles. The summed E-state index contributed by atoms with van der Waals surface area (Å²) < 4.78 is 2.10. The van der Waals surface area contributed by atoms with Gasteiger partial charge in [0.1, 0.15) is 5.82 Å². The number of aromatic nitrogens is 3. The summed E-state index contributed by atoms with van der Waals surface area (Å²) in [5.74, 6) is 1.53. The van der Waals surface area contributed by atoms with Gasteiger partial charge in [0.25, 0.3) is 0 Å². The van der Waals surface area contributed by atoms with Crippen LogP contribution in [0.3, 0.4) is 0 Å². The number of imidazole rings is 1. The number of nitrogens with zero attached hydrogens (tertiary/aromatic N) is 4. The molecular weight excluding hydrogens is 310 g/mol. The Morgan fingerprint density at radius 3 is 2.83 bits per heavy atom. The molecule has 2 amide bonds. The lowest BCUT2D eigenvalue weighted by Crippen LogP contribution is -2.44. The number of nitrogens with one attached hydrogen (secondary N) is 1. The molecule has 0 bridgehead atoms. The van der Waals surface area contributed by atoms with Gasteiger partial charge < -0.3 is 14.8 Å². The Kier molecular flexibility index (Phi) is 5.27. The van der Waals surface area contributed by atoms with E-state index in [9.17, 15) is 4.79 Å². The summed E-state index contributed by atoms with van der Waals surface area (Å²) in [6, 6.07) is 0.0601. The maximum absolute atomic E-state index is 12.2. The molecule has 1 aliphatic heterocycles. The van der Waals surface area contributed by atoms with Gasteiger partial charge in [-0.2, -0.15) is 0 Å². The number of aryl methyl sites for hydroxylation is 2. The summed E-state index contributed by atoms with van der Waals surface area (Å²) in [6.45, 7) is 5.21. The Hall–Kier alpha value is -1.89. The van der Waals surface area contributed by atoms with E-state index in [0.29, 0.717) is 12.5 Å². The van der Waals surface area contributed by atoms with Crippen LogP contribution in [0.15, 0.2) is 24.0 Å². The predicted molar refractivity (Wildman–Crippen MR) is 90.6 cm³/mol. The largest absolute Gasteiger partial charge is 0.338 e. The quantitative estimate of drug-likeness (QED) is 0.856. The molecular formula is C16H23N5OS. The first-order valence-electron chi connectivity index (χ1n) is 8.14. The van der Waals surface area contributed by atoms with E-state index in [1.54, 1.807) is 17.5 Å². The smallest absolute Gasteiger partial charge is 0.317 e. The van der Waals surface area contributed by atoms with Crippen LogP contribution < -0.4 is 5.32 Å². The molecule has 2 aromatic rings. The molecule has 1 aliphatic rings. The first-order valence-corrected chi connectivity index (χ1v) is 9.02. The highest BCUT2D eigenvalue weighted by atomic mass is 32.1.